The van der Waals surface area contributed by atoms with Gasteiger partial charge in [0.2, 0.25) is 10.5 Å². The zero-order chi connectivity index (χ0) is 34.6. The van der Waals surface area contributed by atoms with Crippen molar-refractivity contribution >= 4 is 54.6 Å². The van der Waals surface area contributed by atoms with Crippen LogP contribution in [0.1, 0.15) is 57.8 Å². The number of para-hydroxylation sites is 3. The standard InChI is InChI=1S/C37H51O7Si4/c1-38-28-16-13-19-31(34(28)41-4)46-25-10-7-22-37(44-45,23-8-11-26-47-32-20-14-17-29(39-2)35(32)42-5)24-9-12-27-48-33-21-15-18-30(40-3)36(33)43-6/h13-21H,7-12,22-27H2,1-6H3. The molecule has 0 aliphatic heterocycles. The lowest BCUT2D eigenvalue weighted by Crippen LogP contribution is -2.32. The SMILES string of the molecule is COc1cccc([Si]CCCCC(CCCC[Si]c2cccc(OC)c2OC)(CCCC[Si]c2cccc(OC)c2OC)O[Si])c1OC. The predicted octanol–water partition coefficient (Wildman–Crippen LogP) is 5.73. The molecule has 0 saturated carbocycles. The first kappa shape index (κ1) is 39.7. The fourth-order valence-electron chi connectivity index (χ4n) is 5.99. The van der Waals surface area contributed by atoms with Gasteiger partial charge in [0.1, 0.15) is 0 Å². The summed E-state index contributed by atoms with van der Waals surface area (Å²) in [6, 6.07) is 21.8. The molecule has 11 heteroatoms. The largest absolute Gasteiger partial charge is 0.493 e. The molecule has 257 valence electrons. The van der Waals surface area contributed by atoms with Crippen molar-refractivity contribution in [2.45, 2.75) is 81.5 Å². The van der Waals surface area contributed by atoms with Crippen LogP contribution in [0.3, 0.4) is 0 Å². The molecule has 0 N–H and O–H groups in total. The van der Waals surface area contributed by atoms with Gasteiger partial charge in [-0.05, 0) is 53.0 Å². The molecule has 0 amide bonds. The van der Waals surface area contributed by atoms with Gasteiger partial charge in [-0.1, -0.05) is 93.1 Å². The zero-order valence-electron chi connectivity index (χ0n) is 29.5. The van der Waals surface area contributed by atoms with Crippen LogP contribution in [-0.2, 0) is 4.43 Å². The van der Waals surface area contributed by atoms with Crippen LogP contribution in [0.15, 0.2) is 54.6 Å². The van der Waals surface area contributed by atoms with E-state index in [2.05, 4.69) is 28.7 Å². The highest BCUT2D eigenvalue weighted by molar-refractivity contribution is 6.55. The minimum atomic E-state index is -0.179. The zero-order valence-corrected chi connectivity index (χ0v) is 33.5. The fourth-order valence-corrected chi connectivity index (χ4v) is 10.2. The fraction of sp³-hybridized carbons (Fsp3) is 0.514. The van der Waals surface area contributed by atoms with Crippen molar-refractivity contribution < 1.29 is 32.8 Å². The minimum absolute atomic E-state index is 0.179. The maximum Gasteiger partial charge on any atom is 0.247 e. The molecule has 3 rings (SSSR count). The first-order chi connectivity index (χ1) is 23.5. The Balaban J connectivity index is 1.56. The van der Waals surface area contributed by atoms with Crippen molar-refractivity contribution in [3.05, 3.63) is 54.6 Å². The second-order valence-corrected chi connectivity index (χ2v) is 15.9. The van der Waals surface area contributed by atoms with Crippen LogP contribution in [0, 0.1) is 0 Å². The number of hydrogen-bond acceptors (Lipinski definition) is 7. The number of benzene rings is 3. The molecule has 3 aromatic rings. The molecule has 7 nitrogen and oxygen atoms in total. The van der Waals surface area contributed by atoms with Gasteiger partial charge < -0.3 is 32.8 Å². The Bertz CT molecular complexity index is 1200. The van der Waals surface area contributed by atoms with E-state index in [1.807, 2.05) is 36.4 Å². The molecule has 0 saturated heterocycles. The smallest absolute Gasteiger partial charge is 0.247 e. The van der Waals surface area contributed by atoms with Crippen LogP contribution >= 0.6 is 0 Å². The summed E-state index contributed by atoms with van der Waals surface area (Å²) >= 11 is 0. The van der Waals surface area contributed by atoms with E-state index in [9.17, 15) is 0 Å². The highest BCUT2D eigenvalue weighted by Gasteiger charge is 2.28. The third-order valence-electron chi connectivity index (χ3n) is 8.55. The summed E-state index contributed by atoms with van der Waals surface area (Å²) in [6.45, 7) is 0. The normalized spacial score (nSPS) is 11.3. The topological polar surface area (TPSA) is 64.6 Å². The number of rotatable bonds is 25. The number of hydrogen-bond donors (Lipinski definition) is 0. The average molecular weight is 720 g/mol. The Morgan fingerprint density at radius 2 is 0.771 bits per heavy atom. The van der Waals surface area contributed by atoms with Crippen molar-refractivity contribution in [3.63, 3.8) is 0 Å². The summed E-state index contributed by atoms with van der Waals surface area (Å²) in [6.07, 6.45) is 9.90. The summed E-state index contributed by atoms with van der Waals surface area (Å²) < 4.78 is 39.7. The Labute approximate surface area is 299 Å². The average Bonchev–Trinajstić information content (AvgIpc) is 3.13. The van der Waals surface area contributed by atoms with Crippen LogP contribution in [0.5, 0.6) is 34.5 Å². The van der Waals surface area contributed by atoms with E-state index in [-0.39, 0.29) is 5.60 Å². The molecule has 0 heterocycles. The van der Waals surface area contributed by atoms with E-state index in [1.165, 1.54) is 15.6 Å². The third kappa shape index (κ3) is 11.7. The van der Waals surface area contributed by atoms with Gasteiger partial charge in [0, 0.05) is 0 Å². The summed E-state index contributed by atoms with van der Waals surface area (Å²) in [5, 5.41) is 3.67. The maximum absolute atomic E-state index is 6.24. The van der Waals surface area contributed by atoms with Gasteiger partial charge in [0.05, 0.1) is 76.8 Å². The maximum atomic E-state index is 6.24. The van der Waals surface area contributed by atoms with Gasteiger partial charge >= 0.3 is 0 Å². The quantitative estimate of drug-likeness (QED) is 0.0819. The molecular formula is C37H51O7Si4. The van der Waals surface area contributed by atoms with Crippen molar-refractivity contribution in [3.8, 4) is 34.5 Å². The monoisotopic (exact) mass is 719 g/mol. The second kappa shape index (κ2) is 22.1. The van der Waals surface area contributed by atoms with Crippen LogP contribution in [-0.4, -0.2) is 87.3 Å². The van der Waals surface area contributed by atoms with Crippen molar-refractivity contribution in [2.75, 3.05) is 42.7 Å². The second-order valence-electron chi connectivity index (χ2n) is 11.6. The van der Waals surface area contributed by atoms with Crippen LogP contribution in [0.25, 0.3) is 0 Å². The lowest BCUT2D eigenvalue weighted by molar-refractivity contribution is 0.0439. The summed E-state index contributed by atoms with van der Waals surface area (Å²) in [7, 11) is 15.8. The molecule has 0 aliphatic rings. The Morgan fingerprint density at radius 1 is 0.458 bits per heavy atom. The van der Waals surface area contributed by atoms with Gasteiger partial charge in [-0.15, -0.1) is 0 Å². The van der Waals surface area contributed by atoms with Crippen molar-refractivity contribution in [1.29, 1.82) is 0 Å². The minimum Gasteiger partial charge on any atom is -0.493 e. The molecular weight excluding hydrogens is 669 g/mol. The lowest BCUT2D eigenvalue weighted by Gasteiger charge is -2.34. The number of unbranched alkanes of at least 4 members (excludes halogenated alkanes) is 3. The van der Waals surface area contributed by atoms with E-state index < -0.39 is 0 Å². The summed E-state index contributed by atoms with van der Waals surface area (Å²) in [4.78, 5) is 0. The third-order valence-corrected chi connectivity index (χ3v) is 13.1. The van der Waals surface area contributed by atoms with Crippen molar-refractivity contribution in [1.82, 2.24) is 0 Å². The van der Waals surface area contributed by atoms with E-state index >= 15 is 0 Å². The lowest BCUT2D eigenvalue weighted by atomic mass is 9.86. The molecule has 0 unspecified atom stereocenters. The highest BCUT2D eigenvalue weighted by atomic mass is 28.2. The van der Waals surface area contributed by atoms with E-state index in [0.717, 1.165) is 110 Å². The Morgan fingerprint density at radius 3 is 1.02 bits per heavy atom. The van der Waals surface area contributed by atoms with Gasteiger partial charge in [0.25, 0.3) is 0 Å². The molecule has 0 aromatic heterocycles. The number of methoxy groups -OCH3 is 6. The summed E-state index contributed by atoms with van der Waals surface area (Å²) in [5.74, 6) is 4.96. The number of ether oxygens (including phenoxy) is 6. The molecule has 0 bridgehead atoms. The first-order valence-electron chi connectivity index (χ1n) is 16.7. The van der Waals surface area contributed by atoms with Gasteiger partial charge in [-0.25, -0.2) is 0 Å². The van der Waals surface area contributed by atoms with E-state index in [0.29, 0.717) is 28.6 Å². The Hall–Kier alpha value is -2.71. The Kier molecular flexibility index (Phi) is 18.3. The molecule has 0 atom stereocenters. The predicted molar refractivity (Wildman–Crippen MR) is 200 cm³/mol. The van der Waals surface area contributed by atoms with Crippen LogP contribution in [0.2, 0.25) is 18.1 Å². The van der Waals surface area contributed by atoms with E-state index in [1.54, 1.807) is 42.7 Å². The van der Waals surface area contributed by atoms with Crippen molar-refractivity contribution in [2.24, 2.45) is 0 Å². The molecule has 9 radical (unpaired) electrons. The van der Waals surface area contributed by atoms with Gasteiger partial charge in [0.15, 0.2) is 34.5 Å². The van der Waals surface area contributed by atoms with E-state index in [4.69, 9.17) is 32.8 Å². The van der Waals surface area contributed by atoms with Gasteiger partial charge in [-0.2, -0.15) is 0 Å². The summed E-state index contributed by atoms with van der Waals surface area (Å²) in [5.41, 5.74) is -0.179. The van der Waals surface area contributed by atoms with Crippen LogP contribution < -0.4 is 44.0 Å². The highest BCUT2D eigenvalue weighted by Crippen LogP contribution is 2.32. The van der Waals surface area contributed by atoms with Gasteiger partial charge in [-0.3, -0.25) is 0 Å². The molecule has 0 fully saturated rings. The molecule has 0 aliphatic carbocycles. The first-order valence-corrected chi connectivity index (χ1v) is 20.7. The molecule has 3 aromatic carbocycles. The molecule has 0 spiro atoms. The van der Waals surface area contributed by atoms with Crippen LogP contribution in [0.4, 0.5) is 0 Å². The molecule has 48 heavy (non-hydrogen) atoms.